The summed E-state index contributed by atoms with van der Waals surface area (Å²) < 4.78 is 20.7. The largest absolute Gasteiger partial charge is 0.465 e. The molecule has 0 fully saturated rings. The number of halogens is 1. The van der Waals surface area contributed by atoms with E-state index in [9.17, 15) is 18.8 Å². The molecule has 28 heavy (non-hydrogen) atoms. The van der Waals surface area contributed by atoms with E-state index in [1.54, 1.807) is 13.0 Å². The van der Waals surface area contributed by atoms with Gasteiger partial charge in [-0.1, -0.05) is 23.9 Å². The van der Waals surface area contributed by atoms with Crippen LogP contribution in [0.1, 0.15) is 6.92 Å². The first-order valence-electron chi connectivity index (χ1n) is 8.35. The molecule has 2 aromatic heterocycles. The van der Waals surface area contributed by atoms with Crippen molar-refractivity contribution < 1.29 is 13.9 Å². The number of fused-ring (bicyclic) bond motifs is 1. The highest BCUT2D eigenvalue weighted by atomic mass is 32.2. The molecule has 146 valence electrons. The smallest absolute Gasteiger partial charge is 0.332 e. The normalized spacial score (nSPS) is 11.0. The van der Waals surface area contributed by atoms with E-state index in [4.69, 9.17) is 4.74 Å². The van der Waals surface area contributed by atoms with Crippen LogP contribution >= 0.6 is 11.8 Å². The van der Waals surface area contributed by atoms with Crippen molar-refractivity contribution in [2.24, 2.45) is 14.1 Å². The second kappa shape index (κ2) is 7.93. The molecule has 0 spiro atoms. The number of carbonyl (C=O) groups is 1. The maximum absolute atomic E-state index is 13.6. The number of hydrogen-bond acceptors (Lipinski definition) is 7. The van der Waals surface area contributed by atoms with Crippen LogP contribution in [-0.2, 0) is 23.6 Å². The second-order valence-corrected chi connectivity index (χ2v) is 6.82. The SMILES string of the molecule is CCOC(=O)CSc1nc(-c2cccc(F)c2)nc2c1c(=O)n(C)c(=O)n2C. The number of aromatic nitrogens is 4. The summed E-state index contributed by atoms with van der Waals surface area (Å²) in [6, 6.07) is 5.66. The summed E-state index contributed by atoms with van der Waals surface area (Å²) in [5, 5.41) is 0.326. The van der Waals surface area contributed by atoms with Gasteiger partial charge in [-0.15, -0.1) is 0 Å². The molecule has 0 saturated carbocycles. The molecule has 1 aromatic carbocycles. The van der Waals surface area contributed by atoms with Gasteiger partial charge in [0.1, 0.15) is 16.2 Å². The number of thioether (sulfide) groups is 1. The third-order valence-corrected chi connectivity index (χ3v) is 4.93. The summed E-state index contributed by atoms with van der Waals surface area (Å²) in [5.74, 6) is -0.872. The molecule has 0 aliphatic carbocycles. The van der Waals surface area contributed by atoms with Gasteiger partial charge in [0.05, 0.1) is 12.4 Å². The Bertz CT molecular complexity index is 1190. The predicted molar refractivity (Wildman–Crippen MR) is 103 cm³/mol. The maximum Gasteiger partial charge on any atom is 0.332 e. The van der Waals surface area contributed by atoms with E-state index in [2.05, 4.69) is 9.97 Å². The standard InChI is InChI=1S/C18H17FN4O4S/c1-4-27-12(24)9-28-16-13-15(22(2)18(26)23(3)17(13)25)20-14(21-16)10-6-5-7-11(19)8-10/h5-8H,4,9H2,1-3H3. The molecule has 0 aliphatic rings. The van der Waals surface area contributed by atoms with Gasteiger partial charge in [0.2, 0.25) is 0 Å². The molecule has 0 radical (unpaired) electrons. The number of carbonyl (C=O) groups excluding carboxylic acids is 1. The molecule has 0 atom stereocenters. The number of ether oxygens (including phenoxy) is 1. The van der Waals surface area contributed by atoms with Crippen LogP contribution in [0.25, 0.3) is 22.4 Å². The van der Waals surface area contributed by atoms with Gasteiger partial charge in [0.25, 0.3) is 5.56 Å². The molecule has 0 amide bonds. The van der Waals surface area contributed by atoms with Crippen LogP contribution in [0, 0.1) is 5.82 Å². The van der Waals surface area contributed by atoms with Crippen LogP contribution in [0.3, 0.4) is 0 Å². The Morgan fingerprint density at radius 3 is 2.64 bits per heavy atom. The lowest BCUT2D eigenvalue weighted by atomic mass is 10.2. The average molecular weight is 404 g/mol. The van der Waals surface area contributed by atoms with Crippen LogP contribution in [0.5, 0.6) is 0 Å². The van der Waals surface area contributed by atoms with Gasteiger partial charge < -0.3 is 4.74 Å². The van der Waals surface area contributed by atoms with E-state index >= 15 is 0 Å². The maximum atomic E-state index is 13.6. The zero-order valence-corrected chi connectivity index (χ0v) is 16.2. The summed E-state index contributed by atoms with van der Waals surface area (Å²) >= 11 is 1.00. The number of benzene rings is 1. The Balaban J connectivity index is 2.26. The van der Waals surface area contributed by atoms with Crippen molar-refractivity contribution >= 4 is 28.8 Å². The van der Waals surface area contributed by atoms with Gasteiger partial charge in [-0.05, 0) is 19.1 Å². The molecule has 0 bridgehead atoms. The van der Waals surface area contributed by atoms with Gasteiger partial charge in [-0.2, -0.15) is 0 Å². The molecule has 3 rings (SSSR count). The minimum absolute atomic E-state index is 0.0749. The lowest BCUT2D eigenvalue weighted by Crippen LogP contribution is -2.37. The zero-order valence-electron chi connectivity index (χ0n) is 15.4. The molecule has 3 aromatic rings. The van der Waals surface area contributed by atoms with Gasteiger partial charge in [-0.25, -0.2) is 19.2 Å². The molecule has 0 N–H and O–H groups in total. The summed E-state index contributed by atoms with van der Waals surface area (Å²) in [7, 11) is 2.83. The van der Waals surface area contributed by atoms with E-state index in [1.165, 1.54) is 36.9 Å². The zero-order chi connectivity index (χ0) is 20.4. The van der Waals surface area contributed by atoms with Gasteiger partial charge in [-0.3, -0.25) is 18.7 Å². The molecule has 8 nitrogen and oxygen atoms in total. The van der Waals surface area contributed by atoms with Crippen molar-refractivity contribution in [2.75, 3.05) is 12.4 Å². The minimum Gasteiger partial charge on any atom is -0.465 e. The lowest BCUT2D eigenvalue weighted by molar-refractivity contribution is -0.139. The van der Waals surface area contributed by atoms with E-state index in [0.717, 1.165) is 16.3 Å². The van der Waals surface area contributed by atoms with Crippen LogP contribution in [-0.4, -0.2) is 37.4 Å². The summed E-state index contributed by atoms with van der Waals surface area (Å²) in [5.41, 5.74) is -0.639. The van der Waals surface area contributed by atoms with Crippen molar-refractivity contribution in [3.63, 3.8) is 0 Å². The fraction of sp³-hybridized carbons (Fsp3) is 0.278. The molecule has 0 unspecified atom stereocenters. The van der Waals surface area contributed by atoms with Crippen molar-refractivity contribution in [1.82, 2.24) is 19.1 Å². The Morgan fingerprint density at radius 2 is 1.96 bits per heavy atom. The minimum atomic E-state index is -0.574. The molecule has 10 heteroatoms. The number of nitrogens with zero attached hydrogens (tertiary/aromatic N) is 4. The van der Waals surface area contributed by atoms with E-state index in [1.807, 2.05) is 0 Å². The number of aryl methyl sites for hydroxylation is 1. The molecular formula is C18H17FN4O4S. The summed E-state index contributed by atoms with van der Waals surface area (Å²) in [4.78, 5) is 45.4. The van der Waals surface area contributed by atoms with Crippen LogP contribution in [0.15, 0.2) is 38.9 Å². The first-order chi connectivity index (χ1) is 13.3. The van der Waals surface area contributed by atoms with Gasteiger partial charge in [0.15, 0.2) is 11.5 Å². The van der Waals surface area contributed by atoms with Crippen LogP contribution in [0.4, 0.5) is 4.39 Å². The highest BCUT2D eigenvalue weighted by Gasteiger charge is 2.19. The number of esters is 1. The Labute approximate surface area is 163 Å². The van der Waals surface area contributed by atoms with Crippen molar-refractivity contribution in [3.8, 4) is 11.4 Å². The highest BCUT2D eigenvalue weighted by molar-refractivity contribution is 8.00. The fourth-order valence-corrected chi connectivity index (χ4v) is 3.43. The van der Waals surface area contributed by atoms with E-state index in [-0.39, 0.29) is 34.2 Å². The summed E-state index contributed by atoms with van der Waals surface area (Å²) in [6.45, 7) is 1.92. The lowest BCUT2D eigenvalue weighted by Gasteiger charge is -2.12. The average Bonchev–Trinajstić information content (AvgIpc) is 2.68. The van der Waals surface area contributed by atoms with Crippen LogP contribution < -0.4 is 11.2 Å². The number of hydrogen-bond donors (Lipinski definition) is 0. The topological polar surface area (TPSA) is 96.1 Å². The Kier molecular flexibility index (Phi) is 5.59. The Morgan fingerprint density at radius 1 is 1.21 bits per heavy atom. The first kappa shape index (κ1) is 19.7. The highest BCUT2D eigenvalue weighted by Crippen LogP contribution is 2.26. The van der Waals surface area contributed by atoms with E-state index in [0.29, 0.717) is 5.56 Å². The van der Waals surface area contributed by atoms with Crippen LogP contribution in [0.2, 0.25) is 0 Å². The third-order valence-electron chi connectivity index (χ3n) is 3.98. The molecule has 2 heterocycles. The fourth-order valence-electron chi connectivity index (χ4n) is 2.62. The van der Waals surface area contributed by atoms with Crippen molar-refractivity contribution in [3.05, 3.63) is 50.9 Å². The van der Waals surface area contributed by atoms with E-state index < -0.39 is 23.0 Å². The monoisotopic (exact) mass is 404 g/mol. The second-order valence-electron chi connectivity index (χ2n) is 5.86. The molecule has 0 aliphatic heterocycles. The molecular weight excluding hydrogens is 387 g/mol. The Hall–Kier alpha value is -3.01. The quantitative estimate of drug-likeness (QED) is 0.361. The van der Waals surface area contributed by atoms with Gasteiger partial charge >= 0.3 is 11.7 Å². The molecule has 0 saturated heterocycles. The van der Waals surface area contributed by atoms with Crippen molar-refractivity contribution in [2.45, 2.75) is 11.9 Å². The van der Waals surface area contributed by atoms with Gasteiger partial charge in [0, 0.05) is 19.7 Å². The predicted octanol–water partition coefficient (Wildman–Crippen LogP) is 1.49. The summed E-state index contributed by atoms with van der Waals surface area (Å²) in [6.07, 6.45) is 0. The first-order valence-corrected chi connectivity index (χ1v) is 9.34. The number of rotatable bonds is 5. The third kappa shape index (κ3) is 3.68. The van der Waals surface area contributed by atoms with Crippen molar-refractivity contribution in [1.29, 1.82) is 0 Å².